The molecule has 0 radical (unpaired) electrons. The summed E-state index contributed by atoms with van der Waals surface area (Å²) in [5.41, 5.74) is 12.3. The Labute approximate surface area is 217 Å². The van der Waals surface area contributed by atoms with E-state index in [1.54, 1.807) is 42.5 Å². The molecule has 2 aromatic rings. The number of nitrogens with zero attached hydrogens (tertiary/aromatic N) is 1. The van der Waals surface area contributed by atoms with Crippen molar-refractivity contribution in [2.45, 2.75) is 13.0 Å². The molecule has 1 atom stereocenters. The number of nitrogens with one attached hydrogen (secondary N) is 4. The van der Waals surface area contributed by atoms with E-state index >= 15 is 0 Å². The molecule has 6 N–H and O–H groups in total. The summed E-state index contributed by atoms with van der Waals surface area (Å²) in [6, 6.07) is 11.1. The Morgan fingerprint density at radius 3 is 2.43 bits per heavy atom. The van der Waals surface area contributed by atoms with Gasteiger partial charge in [0.1, 0.15) is 24.3 Å². The van der Waals surface area contributed by atoms with E-state index in [4.69, 9.17) is 20.6 Å². The Morgan fingerprint density at radius 1 is 1.16 bits per heavy atom. The third-order valence-electron chi connectivity index (χ3n) is 5.06. The smallest absolute Gasteiger partial charge is 0.265 e. The summed E-state index contributed by atoms with van der Waals surface area (Å²) in [6.45, 7) is 10.2. The first-order valence-corrected chi connectivity index (χ1v) is 11.6. The average Bonchev–Trinajstić information content (AvgIpc) is 2.85. The molecule has 0 saturated heterocycles. The van der Waals surface area contributed by atoms with Crippen molar-refractivity contribution in [1.82, 2.24) is 15.8 Å². The fourth-order valence-electron chi connectivity index (χ4n) is 3.16. The van der Waals surface area contributed by atoms with Crippen LogP contribution in [0.2, 0.25) is 0 Å². The van der Waals surface area contributed by atoms with E-state index in [1.807, 2.05) is 25.9 Å². The van der Waals surface area contributed by atoms with E-state index in [-0.39, 0.29) is 11.5 Å². The maximum Gasteiger partial charge on any atom is 0.265 e. The largest absolute Gasteiger partial charge is 0.490 e. The number of amides is 1. The van der Waals surface area contributed by atoms with Crippen molar-refractivity contribution in [1.29, 1.82) is 5.41 Å². The number of halogens is 1. The summed E-state index contributed by atoms with van der Waals surface area (Å²) in [7, 11) is 3.91. The Bertz CT molecular complexity index is 1130. The Balaban J connectivity index is 2.38. The van der Waals surface area contributed by atoms with Gasteiger partial charge in [-0.15, -0.1) is 0 Å². The van der Waals surface area contributed by atoms with E-state index in [2.05, 4.69) is 29.3 Å². The first-order valence-electron chi connectivity index (χ1n) is 11.6. The summed E-state index contributed by atoms with van der Waals surface area (Å²) < 4.78 is 25.4. The molecule has 0 saturated carbocycles. The number of amidine groups is 1. The van der Waals surface area contributed by atoms with Gasteiger partial charge in [0.2, 0.25) is 0 Å². The fraction of sp³-hybridized carbons (Fsp3) is 0.259. The number of hydrazine groups is 1. The molecule has 0 aliphatic carbocycles. The van der Waals surface area contributed by atoms with Crippen molar-refractivity contribution in [2.24, 2.45) is 5.73 Å². The van der Waals surface area contributed by atoms with Gasteiger partial charge in [-0.3, -0.25) is 21.1 Å². The maximum atomic E-state index is 13.7. The second kappa shape index (κ2) is 14.3. The van der Waals surface area contributed by atoms with Gasteiger partial charge < -0.3 is 25.4 Å². The van der Waals surface area contributed by atoms with Gasteiger partial charge >= 0.3 is 0 Å². The quantitative estimate of drug-likeness (QED) is 0.107. The van der Waals surface area contributed by atoms with E-state index in [0.717, 1.165) is 6.54 Å². The number of carbonyl (C=O) groups is 1. The molecular weight excluding hydrogens is 475 g/mol. The van der Waals surface area contributed by atoms with Gasteiger partial charge in [-0.2, -0.15) is 0 Å². The van der Waals surface area contributed by atoms with Crippen molar-refractivity contribution in [3.63, 3.8) is 0 Å². The van der Waals surface area contributed by atoms with E-state index < -0.39 is 17.8 Å². The molecule has 2 aromatic carbocycles. The summed E-state index contributed by atoms with van der Waals surface area (Å²) in [4.78, 5) is 15.3. The molecular formula is C27H35FN6O3. The van der Waals surface area contributed by atoms with E-state index in [1.165, 1.54) is 12.2 Å². The number of hydrogen-bond donors (Lipinski definition) is 5. The minimum Gasteiger partial charge on any atom is -0.490 e. The van der Waals surface area contributed by atoms with Crippen LogP contribution in [0.5, 0.6) is 11.5 Å². The molecule has 0 aliphatic heterocycles. The number of carbonyl (C=O) groups excluding carboxylic acids is 1. The van der Waals surface area contributed by atoms with Crippen LogP contribution in [-0.2, 0) is 4.79 Å². The number of nitrogens with two attached hydrogens (primary N) is 1. The zero-order chi connectivity index (χ0) is 27.4. The molecule has 0 aliphatic rings. The molecule has 0 fully saturated rings. The van der Waals surface area contributed by atoms with Crippen LogP contribution in [0.15, 0.2) is 79.3 Å². The highest BCUT2D eigenvalue weighted by atomic mass is 19.1. The number of rotatable bonds is 15. The molecule has 0 spiro atoms. The number of likely N-dealkylation sites (N-methyl/N-ethyl adjacent to an activating group) is 1. The Kier molecular flexibility index (Phi) is 11.2. The van der Waals surface area contributed by atoms with Crippen LogP contribution < -0.4 is 31.4 Å². The van der Waals surface area contributed by atoms with Crippen LogP contribution in [0, 0.1) is 5.41 Å². The minimum absolute atomic E-state index is 0.0347. The van der Waals surface area contributed by atoms with Gasteiger partial charge in [-0.1, -0.05) is 25.3 Å². The molecule has 9 nitrogen and oxygen atoms in total. The number of anilines is 1. The highest BCUT2D eigenvalue weighted by Crippen LogP contribution is 2.32. The standard InChI is InChI=1S/C27H35FN6O3/c1-6-8-22(18(3)28)32-33-27(35)25(31-21-12-9-19(10-13-21)26(29)30)20-11-14-23(24(17-20)36-7-2)37-16-15-34(4)5/h6,8-14,17,25,31-32H,1,3,7,15-16H2,2,4-5H3,(H3,29,30)(H,33,35)/b22-8+. The number of nitrogen functional groups attached to an aromatic ring is 1. The van der Waals surface area contributed by atoms with Crippen molar-refractivity contribution < 1.29 is 18.7 Å². The summed E-state index contributed by atoms with van der Waals surface area (Å²) in [5, 5.41) is 10.7. The lowest BCUT2D eigenvalue weighted by Crippen LogP contribution is -2.42. The highest BCUT2D eigenvalue weighted by molar-refractivity contribution is 5.95. The molecule has 0 heterocycles. The van der Waals surface area contributed by atoms with Crippen molar-refractivity contribution in [3.8, 4) is 11.5 Å². The number of allylic oxidation sites excluding steroid dienone is 3. The van der Waals surface area contributed by atoms with Gasteiger partial charge in [0.05, 0.1) is 12.3 Å². The number of hydrogen-bond acceptors (Lipinski definition) is 7. The van der Waals surface area contributed by atoms with Gasteiger partial charge in [-0.05, 0) is 69.1 Å². The first kappa shape index (κ1) is 28.9. The molecule has 0 bridgehead atoms. The zero-order valence-electron chi connectivity index (χ0n) is 21.4. The van der Waals surface area contributed by atoms with Crippen LogP contribution in [0.1, 0.15) is 24.1 Å². The van der Waals surface area contributed by atoms with Crippen LogP contribution in [-0.4, -0.2) is 50.5 Å². The summed E-state index contributed by atoms with van der Waals surface area (Å²) >= 11 is 0. The van der Waals surface area contributed by atoms with Crippen LogP contribution in [0.3, 0.4) is 0 Å². The van der Waals surface area contributed by atoms with Gasteiger partial charge in [0.15, 0.2) is 11.5 Å². The normalized spacial score (nSPS) is 11.9. The van der Waals surface area contributed by atoms with Crippen LogP contribution >= 0.6 is 0 Å². The minimum atomic E-state index is -0.913. The molecule has 1 amide bonds. The Hall–Kier alpha value is -4.31. The van der Waals surface area contributed by atoms with Gasteiger partial charge in [0, 0.05) is 17.8 Å². The average molecular weight is 511 g/mol. The highest BCUT2D eigenvalue weighted by Gasteiger charge is 2.23. The third-order valence-corrected chi connectivity index (χ3v) is 5.06. The second-order valence-electron chi connectivity index (χ2n) is 8.19. The monoisotopic (exact) mass is 510 g/mol. The number of ether oxygens (including phenoxy) is 2. The molecule has 37 heavy (non-hydrogen) atoms. The summed E-state index contributed by atoms with van der Waals surface area (Å²) in [6.07, 6.45) is 2.72. The maximum absolute atomic E-state index is 13.7. The third kappa shape index (κ3) is 9.01. The second-order valence-corrected chi connectivity index (χ2v) is 8.19. The SMILES string of the molecule is C=C/C=C(/NNC(=O)C(Nc1ccc(C(=N)N)cc1)c1ccc(OCCN(C)C)c(OCC)c1)C(=C)F. The number of benzene rings is 2. The molecule has 1 unspecified atom stereocenters. The lowest BCUT2D eigenvalue weighted by Gasteiger charge is -2.22. The molecule has 10 heteroatoms. The Morgan fingerprint density at radius 2 is 1.86 bits per heavy atom. The molecule has 2 rings (SSSR count). The van der Waals surface area contributed by atoms with Crippen LogP contribution in [0.4, 0.5) is 10.1 Å². The van der Waals surface area contributed by atoms with E-state index in [0.29, 0.717) is 41.5 Å². The van der Waals surface area contributed by atoms with Gasteiger partial charge in [-0.25, -0.2) is 4.39 Å². The predicted octanol–water partition coefficient (Wildman–Crippen LogP) is 3.64. The van der Waals surface area contributed by atoms with E-state index in [9.17, 15) is 9.18 Å². The van der Waals surface area contributed by atoms with Crippen LogP contribution in [0.25, 0.3) is 0 Å². The lowest BCUT2D eigenvalue weighted by atomic mass is 10.0. The van der Waals surface area contributed by atoms with Crippen molar-refractivity contribution in [2.75, 3.05) is 39.2 Å². The first-order chi connectivity index (χ1) is 17.7. The van der Waals surface area contributed by atoms with Crippen molar-refractivity contribution in [3.05, 3.63) is 90.4 Å². The molecule has 0 aromatic heterocycles. The predicted molar refractivity (Wildman–Crippen MR) is 145 cm³/mol. The lowest BCUT2D eigenvalue weighted by molar-refractivity contribution is -0.122. The molecule has 198 valence electrons. The van der Waals surface area contributed by atoms with Gasteiger partial charge in [0.25, 0.3) is 5.91 Å². The fourth-order valence-corrected chi connectivity index (χ4v) is 3.16. The van der Waals surface area contributed by atoms with Crippen molar-refractivity contribution >= 4 is 17.4 Å². The summed E-state index contributed by atoms with van der Waals surface area (Å²) in [5.74, 6) is -0.287. The zero-order valence-corrected chi connectivity index (χ0v) is 21.4. The topological polar surface area (TPSA) is 125 Å².